The number of halogens is 1. The number of aromatic amines is 1. The Morgan fingerprint density at radius 1 is 1.26 bits per heavy atom. The fourth-order valence-corrected chi connectivity index (χ4v) is 1.47. The number of nitrogens with zero attached hydrogens (tertiary/aromatic N) is 8. The number of anilines is 1. The summed E-state index contributed by atoms with van der Waals surface area (Å²) >= 11 is 5.83. The largest absolute Gasteiger partial charge is 0.347 e. The van der Waals surface area contributed by atoms with Crippen LogP contribution in [0.5, 0.6) is 0 Å². The highest BCUT2D eigenvalue weighted by molar-refractivity contribution is 6.28. The molecule has 2 N–H and O–H groups in total. The van der Waals surface area contributed by atoms with Crippen molar-refractivity contribution in [3.63, 3.8) is 0 Å². The Balaban J connectivity index is 1.82. The first kappa shape index (κ1) is 11.5. The van der Waals surface area contributed by atoms with Crippen molar-refractivity contribution in [2.24, 2.45) is 0 Å². The molecule has 0 saturated heterocycles. The fourth-order valence-electron chi connectivity index (χ4n) is 1.31. The Morgan fingerprint density at radius 2 is 2.21 bits per heavy atom. The molecule has 0 unspecified atom stereocenters. The Bertz CT molecular complexity index is 648. The van der Waals surface area contributed by atoms with E-state index in [9.17, 15) is 0 Å². The van der Waals surface area contributed by atoms with E-state index in [1.54, 1.807) is 0 Å². The molecule has 0 saturated carbocycles. The minimum atomic E-state index is 0.0561. The number of rotatable bonds is 4. The van der Waals surface area contributed by atoms with Gasteiger partial charge in [0.05, 0.1) is 6.54 Å². The van der Waals surface area contributed by atoms with Crippen molar-refractivity contribution in [1.82, 2.24) is 44.9 Å². The highest BCUT2D eigenvalue weighted by Gasteiger charge is 2.07. The summed E-state index contributed by atoms with van der Waals surface area (Å²) in [5.41, 5.74) is 0. The molecule has 11 heteroatoms. The molecule has 3 aromatic rings. The van der Waals surface area contributed by atoms with E-state index in [2.05, 4.69) is 45.5 Å². The van der Waals surface area contributed by atoms with Crippen LogP contribution in [0.2, 0.25) is 5.28 Å². The number of aromatic nitrogens is 9. The topological polar surface area (TPSA) is 123 Å². The zero-order valence-electron chi connectivity index (χ0n) is 9.39. The highest BCUT2D eigenvalue weighted by atomic mass is 35.5. The molecule has 0 bridgehead atoms. The fraction of sp³-hybridized carbons (Fsp3) is 0.125. The molecule has 19 heavy (non-hydrogen) atoms. The summed E-state index contributed by atoms with van der Waals surface area (Å²) in [6.07, 6.45) is 4.25. The summed E-state index contributed by atoms with van der Waals surface area (Å²) in [5, 5.41) is 13.4. The van der Waals surface area contributed by atoms with Gasteiger partial charge in [0.1, 0.15) is 24.8 Å². The Morgan fingerprint density at radius 3 is 2.95 bits per heavy atom. The third kappa shape index (κ3) is 2.63. The molecule has 0 spiro atoms. The second kappa shape index (κ2) is 4.94. The molecule has 0 aromatic carbocycles. The maximum absolute atomic E-state index is 5.83. The van der Waals surface area contributed by atoms with Crippen molar-refractivity contribution in [1.29, 1.82) is 0 Å². The lowest BCUT2D eigenvalue weighted by Crippen LogP contribution is -2.10. The third-order valence-corrected chi connectivity index (χ3v) is 2.27. The number of H-pyrrole nitrogens is 1. The van der Waals surface area contributed by atoms with Crippen molar-refractivity contribution in [2.45, 2.75) is 6.54 Å². The molecule has 0 radical (unpaired) electrons. The Kier molecular flexibility index (Phi) is 2.98. The molecule has 3 heterocycles. The summed E-state index contributed by atoms with van der Waals surface area (Å²) in [6.45, 7) is 0.386. The molecule has 3 aromatic heterocycles. The van der Waals surface area contributed by atoms with Crippen LogP contribution in [0.3, 0.4) is 0 Å². The summed E-state index contributed by atoms with van der Waals surface area (Å²) in [5.74, 6) is 1.23. The average Bonchev–Trinajstić information content (AvgIpc) is 3.09. The minimum Gasteiger partial charge on any atom is -0.347 e. The van der Waals surface area contributed by atoms with Crippen molar-refractivity contribution in [2.75, 3.05) is 5.32 Å². The standard InChI is InChI=1S/C8H7ClN10/c9-6-15-7(11-1-5-12-3-13-18-5)17-8(16-6)19-4-10-2-14-19/h2-4H,1H2,(H,12,13,18)(H,11,15,16,17). The van der Waals surface area contributed by atoms with E-state index in [0.29, 0.717) is 18.3 Å². The predicted octanol–water partition coefficient (Wildman–Crippen LogP) is -0.164. The molecule has 0 aliphatic rings. The number of hydrogen-bond donors (Lipinski definition) is 2. The first-order valence-corrected chi connectivity index (χ1v) is 5.54. The monoisotopic (exact) mass is 278 g/mol. The number of nitrogens with one attached hydrogen (secondary N) is 2. The van der Waals surface area contributed by atoms with E-state index in [0.717, 1.165) is 0 Å². The van der Waals surface area contributed by atoms with Gasteiger partial charge in [-0.05, 0) is 11.6 Å². The van der Waals surface area contributed by atoms with Crippen LogP contribution in [0, 0.1) is 0 Å². The van der Waals surface area contributed by atoms with Crippen LogP contribution in [-0.4, -0.2) is 44.9 Å². The minimum absolute atomic E-state index is 0.0561. The van der Waals surface area contributed by atoms with Gasteiger partial charge in [-0.15, -0.1) is 0 Å². The van der Waals surface area contributed by atoms with Crippen LogP contribution in [-0.2, 0) is 6.54 Å². The van der Waals surface area contributed by atoms with Gasteiger partial charge in [0, 0.05) is 0 Å². The summed E-state index contributed by atoms with van der Waals surface area (Å²) in [6, 6.07) is 0. The summed E-state index contributed by atoms with van der Waals surface area (Å²) in [7, 11) is 0. The molecule has 96 valence electrons. The lowest BCUT2D eigenvalue weighted by molar-refractivity contribution is 0.791. The lowest BCUT2D eigenvalue weighted by Gasteiger charge is -2.04. The van der Waals surface area contributed by atoms with Gasteiger partial charge < -0.3 is 5.32 Å². The SMILES string of the molecule is Clc1nc(NCc2ncn[nH]2)nc(-n2cncn2)n1. The zero-order chi connectivity index (χ0) is 13.1. The Labute approximate surface area is 111 Å². The van der Waals surface area contributed by atoms with Crippen molar-refractivity contribution >= 4 is 17.5 Å². The number of hydrogen-bond acceptors (Lipinski definition) is 8. The van der Waals surface area contributed by atoms with E-state index in [1.807, 2.05) is 0 Å². The van der Waals surface area contributed by atoms with Gasteiger partial charge >= 0.3 is 0 Å². The van der Waals surface area contributed by atoms with Crippen LogP contribution >= 0.6 is 11.6 Å². The molecule has 3 rings (SSSR count). The van der Waals surface area contributed by atoms with Gasteiger partial charge in [0.15, 0.2) is 0 Å². The Hall–Kier alpha value is -2.62. The molecule has 0 atom stereocenters. The van der Waals surface area contributed by atoms with Gasteiger partial charge in [-0.3, -0.25) is 5.10 Å². The molecule has 0 amide bonds. The molecule has 0 fully saturated rings. The van der Waals surface area contributed by atoms with E-state index < -0.39 is 0 Å². The maximum atomic E-state index is 5.83. The van der Waals surface area contributed by atoms with Gasteiger partial charge in [-0.25, -0.2) is 9.97 Å². The van der Waals surface area contributed by atoms with E-state index in [-0.39, 0.29) is 11.2 Å². The molecule has 0 aliphatic heterocycles. The molecular weight excluding hydrogens is 272 g/mol. The van der Waals surface area contributed by atoms with Crippen LogP contribution in [0.4, 0.5) is 5.95 Å². The van der Waals surface area contributed by atoms with Crippen LogP contribution in [0.25, 0.3) is 5.95 Å². The predicted molar refractivity (Wildman–Crippen MR) is 63.5 cm³/mol. The second-order valence-corrected chi connectivity index (χ2v) is 3.69. The average molecular weight is 279 g/mol. The molecular formula is C8H7ClN10. The highest BCUT2D eigenvalue weighted by Crippen LogP contribution is 2.08. The first-order chi connectivity index (χ1) is 9.31. The van der Waals surface area contributed by atoms with Gasteiger partial charge in [-0.2, -0.15) is 29.8 Å². The van der Waals surface area contributed by atoms with E-state index >= 15 is 0 Å². The van der Waals surface area contributed by atoms with Crippen LogP contribution < -0.4 is 5.32 Å². The van der Waals surface area contributed by atoms with Crippen molar-refractivity contribution in [3.05, 3.63) is 30.1 Å². The maximum Gasteiger partial charge on any atom is 0.258 e. The summed E-state index contributed by atoms with van der Waals surface area (Å²) < 4.78 is 1.38. The van der Waals surface area contributed by atoms with E-state index in [4.69, 9.17) is 11.6 Å². The summed E-state index contributed by atoms with van der Waals surface area (Å²) in [4.78, 5) is 19.8. The second-order valence-electron chi connectivity index (χ2n) is 3.35. The quantitative estimate of drug-likeness (QED) is 0.674. The van der Waals surface area contributed by atoms with Gasteiger partial charge in [-0.1, -0.05) is 0 Å². The van der Waals surface area contributed by atoms with Crippen LogP contribution in [0.15, 0.2) is 19.0 Å². The third-order valence-electron chi connectivity index (χ3n) is 2.10. The van der Waals surface area contributed by atoms with Gasteiger partial charge in [0.25, 0.3) is 5.95 Å². The molecule has 10 nitrogen and oxygen atoms in total. The van der Waals surface area contributed by atoms with Crippen molar-refractivity contribution in [3.8, 4) is 5.95 Å². The van der Waals surface area contributed by atoms with Gasteiger partial charge in [0.2, 0.25) is 11.2 Å². The normalized spacial score (nSPS) is 10.6. The van der Waals surface area contributed by atoms with Crippen molar-refractivity contribution < 1.29 is 0 Å². The lowest BCUT2D eigenvalue weighted by atomic mass is 10.6. The van der Waals surface area contributed by atoms with Crippen LogP contribution in [0.1, 0.15) is 5.82 Å². The first-order valence-electron chi connectivity index (χ1n) is 5.16. The van der Waals surface area contributed by atoms with E-state index in [1.165, 1.54) is 23.7 Å². The zero-order valence-corrected chi connectivity index (χ0v) is 10.2. The smallest absolute Gasteiger partial charge is 0.258 e. The molecule has 0 aliphatic carbocycles.